The van der Waals surface area contributed by atoms with Gasteiger partial charge in [-0.1, -0.05) is 20.8 Å². The van der Waals surface area contributed by atoms with E-state index in [4.69, 9.17) is 5.11 Å². The molecule has 74 valence electrons. The standard InChI is InChI=1S/C9H15BrN2O/c1-9(2,3)8-7(10)6(5-13)11-12(8)4/h13H,5H2,1-4H3. The predicted octanol–water partition coefficient (Wildman–Crippen LogP) is 1.97. The molecule has 0 amide bonds. The third-order valence-electron chi connectivity index (χ3n) is 1.92. The molecule has 0 radical (unpaired) electrons. The highest BCUT2D eigenvalue weighted by Crippen LogP contribution is 2.31. The Morgan fingerprint density at radius 3 is 2.23 bits per heavy atom. The fourth-order valence-electron chi connectivity index (χ4n) is 1.47. The first-order chi connectivity index (χ1) is 5.88. The van der Waals surface area contributed by atoms with Crippen LogP contribution in [0.15, 0.2) is 4.47 Å². The fraction of sp³-hybridized carbons (Fsp3) is 0.667. The van der Waals surface area contributed by atoms with E-state index < -0.39 is 0 Å². The lowest BCUT2D eigenvalue weighted by Gasteiger charge is -2.19. The van der Waals surface area contributed by atoms with E-state index >= 15 is 0 Å². The number of nitrogens with zero attached hydrogens (tertiary/aromatic N) is 2. The summed E-state index contributed by atoms with van der Waals surface area (Å²) >= 11 is 3.45. The Morgan fingerprint density at radius 2 is 2.00 bits per heavy atom. The van der Waals surface area contributed by atoms with Crippen LogP contribution in [0.4, 0.5) is 0 Å². The molecule has 1 aromatic rings. The van der Waals surface area contributed by atoms with Crippen LogP contribution in [0.25, 0.3) is 0 Å². The summed E-state index contributed by atoms with van der Waals surface area (Å²) in [4.78, 5) is 0. The molecule has 3 nitrogen and oxygen atoms in total. The lowest BCUT2D eigenvalue weighted by atomic mass is 9.92. The normalized spacial score (nSPS) is 12.2. The number of aromatic nitrogens is 2. The van der Waals surface area contributed by atoms with Crippen molar-refractivity contribution in [3.05, 3.63) is 15.9 Å². The zero-order chi connectivity index (χ0) is 10.2. The highest BCUT2D eigenvalue weighted by atomic mass is 79.9. The Morgan fingerprint density at radius 1 is 1.46 bits per heavy atom. The molecule has 0 fully saturated rings. The second-order valence-electron chi connectivity index (χ2n) is 4.14. The van der Waals surface area contributed by atoms with E-state index in [1.165, 1.54) is 0 Å². The number of aliphatic hydroxyl groups is 1. The Kier molecular flexibility index (Phi) is 2.82. The molecule has 0 spiro atoms. The molecule has 0 aliphatic carbocycles. The molecule has 0 saturated carbocycles. The van der Waals surface area contributed by atoms with E-state index in [9.17, 15) is 0 Å². The molecule has 0 saturated heterocycles. The number of halogens is 1. The van der Waals surface area contributed by atoms with E-state index in [2.05, 4.69) is 41.8 Å². The second kappa shape index (κ2) is 3.42. The summed E-state index contributed by atoms with van der Waals surface area (Å²) in [6.07, 6.45) is 0. The Balaban J connectivity index is 3.29. The topological polar surface area (TPSA) is 38.0 Å². The summed E-state index contributed by atoms with van der Waals surface area (Å²) in [5, 5.41) is 13.2. The van der Waals surface area contributed by atoms with E-state index in [0.29, 0.717) is 5.69 Å². The fourth-order valence-corrected chi connectivity index (χ4v) is 2.53. The summed E-state index contributed by atoms with van der Waals surface area (Å²) in [6, 6.07) is 0. The van der Waals surface area contributed by atoms with Crippen molar-refractivity contribution in [2.75, 3.05) is 0 Å². The van der Waals surface area contributed by atoms with Gasteiger partial charge in [0.1, 0.15) is 5.69 Å². The van der Waals surface area contributed by atoms with Crippen molar-refractivity contribution >= 4 is 15.9 Å². The molecule has 1 heterocycles. The lowest BCUT2D eigenvalue weighted by Crippen LogP contribution is -2.16. The Hall–Kier alpha value is -0.350. The number of aliphatic hydroxyl groups excluding tert-OH is 1. The van der Waals surface area contributed by atoms with Crippen molar-refractivity contribution in [3.63, 3.8) is 0 Å². The molecule has 4 heteroatoms. The van der Waals surface area contributed by atoms with Crippen molar-refractivity contribution in [2.24, 2.45) is 7.05 Å². The number of rotatable bonds is 1. The first-order valence-corrected chi connectivity index (χ1v) is 5.00. The van der Waals surface area contributed by atoms with Crippen LogP contribution in [0.5, 0.6) is 0 Å². The van der Waals surface area contributed by atoms with Crippen LogP contribution in [-0.4, -0.2) is 14.9 Å². The van der Waals surface area contributed by atoms with Crippen LogP contribution in [0.1, 0.15) is 32.2 Å². The van der Waals surface area contributed by atoms with Crippen LogP contribution in [0, 0.1) is 0 Å². The average molecular weight is 247 g/mol. The van der Waals surface area contributed by atoms with Gasteiger partial charge >= 0.3 is 0 Å². The zero-order valence-electron chi connectivity index (χ0n) is 8.43. The van der Waals surface area contributed by atoms with Gasteiger partial charge in [-0.05, 0) is 15.9 Å². The highest BCUT2D eigenvalue weighted by molar-refractivity contribution is 9.10. The molecule has 1 N–H and O–H groups in total. The number of aryl methyl sites for hydroxylation is 1. The smallest absolute Gasteiger partial charge is 0.102 e. The van der Waals surface area contributed by atoms with Gasteiger partial charge in [-0.2, -0.15) is 5.10 Å². The van der Waals surface area contributed by atoms with Crippen molar-refractivity contribution < 1.29 is 5.11 Å². The van der Waals surface area contributed by atoms with Crippen LogP contribution in [0.3, 0.4) is 0 Å². The molecule has 0 aliphatic rings. The van der Waals surface area contributed by atoms with Crippen molar-refractivity contribution in [1.82, 2.24) is 9.78 Å². The largest absolute Gasteiger partial charge is 0.390 e. The van der Waals surface area contributed by atoms with Crippen LogP contribution < -0.4 is 0 Å². The minimum absolute atomic E-state index is 0.0233. The quantitative estimate of drug-likeness (QED) is 0.823. The van der Waals surface area contributed by atoms with Crippen molar-refractivity contribution in [1.29, 1.82) is 0 Å². The number of hydrogen-bond donors (Lipinski definition) is 1. The Bertz CT molecular complexity index is 312. The molecular weight excluding hydrogens is 232 g/mol. The minimum Gasteiger partial charge on any atom is -0.390 e. The third kappa shape index (κ3) is 1.94. The van der Waals surface area contributed by atoms with Gasteiger partial charge in [0.25, 0.3) is 0 Å². The van der Waals surface area contributed by atoms with Gasteiger partial charge in [-0.3, -0.25) is 4.68 Å². The van der Waals surface area contributed by atoms with Gasteiger partial charge in [0.05, 0.1) is 16.8 Å². The van der Waals surface area contributed by atoms with E-state index in [1.54, 1.807) is 0 Å². The summed E-state index contributed by atoms with van der Waals surface area (Å²) in [6.45, 7) is 6.34. The summed E-state index contributed by atoms with van der Waals surface area (Å²) in [5.41, 5.74) is 1.84. The highest BCUT2D eigenvalue weighted by Gasteiger charge is 2.24. The first-order valence-electron chi connectivity index (χ1n) is 4.20. The molecule has 1 aromatic heterocycles. The maximum atomic E-state index is 9.02. The summed E-state index contributed by atoms with van der Waals surface area (Å²) in [5.74, 6) is 0. The van der Waals surface area contributed by atoms with Gasteiger partial charge in [-0.15, -0.1) is 0 Å². The molecule has 0 aliphatic heterocycles. The third-order valence-corrected chi connectivity index (χ3v) is 2.75. The van der Waals surface area contributed by atoms with Gasteiger partial charge in [0, 0.05) is 12.5 Å². The van der Waals surface area contributed by atoms with E-state index in [1.807, 2.05) is 11.7 Å². The molecule has 0 atom stereocenters. The van der Waals surface area contributed by atoms with Gasteiger partial charge in [0.2, 0.25) is 0 Å². The summed E-state index contributed by atoms with van der Waals surface area (Å²) < 4.78 is 2.74. The Labute approximate surface area is 86.9 Å². The zero-order valence-corrected chi connectivity index (χ0v) is 10.0. The van der Waals surface area contributed by atoms with E-state index in [0.717, 1.165) is 10.2 Å². The monoisotopic (exact) mass is 246 g/mol. The summed E-state index contributed by atoms with van der Waals surface area (Å²) in [7, 11) is 1.89. The maximum Gasteiger partial charge on any atom is 0.102 e. The molecule has 0 unspecified atom stereocenters. The van der Waals surface area contributed by atoms with Crippen LogP contribution >= 0.6 is 15.9 Å². The molecule has 0 bridgehead atoms. The molecule has 13 heavy (non-hydrogen) atoms. The van der Waals surface area contributed by atoms with Crippen LogP contribution in [0.2, 0.25) is 0 Å². The molecule has 0 aromatic carbocycles. The van der Waals surface area contributed by atoms with Gasteiger partial charge in [0.15, 0.2) is 0 Å². The lowest BCUT2D eigenvalue weighted by molar-refractivity contribution is 0.275. The van der Waals surface area contributed by atoms with Gasteiger partial charge < -0.3 is 5.11 Å². The van der Waals surface area contributed by atoms with E-state index in [-0.39, 0.29) is 12.0 Å². The molecular formula is C9H15BrN2O. The second-order valence-corrected chi connectivity index (χ2v) is 4.93. The van der Waals surface area contributed by atoms with Crippen molar-refractivity contribution in [3.8, 4) is 0 Å². The van der Waals surface area contributed by atoms with Crippen molar-refractivity contribution in [2.45, 2.75) is 32.8 Å². The predicted molar refractivity (Wildman–Crippen MR) is 55.5 cm³/mol. The van der Waals surface area contributed by atoms with Crippen LogP contribution in [-0.2, 0) is 19.1 Å². The average Bonchev–Trinajstić information content (AvgIpc) is 2.24. The number of hydrogen-bond acceptors (Lipinski definition) is 2. The van der Waals surface area contributed by atoms with Gasteiger partial charge in [-0.25, -0.2) is 0 Å². The minimum atomic E-state index is -0.0233. The molecule has 1 rings (SSSR count). The maximum absolute atomic E-state index is 9.02. The first kappa shape index (κ1) is 10.7. The SMILES string of the molecule is Cn1nc(CO)c(Br)c1C(C)(C)C.